The Kier molecular flexibility index (Phi) is 5.19. The number of rotatable bonds is 6. The maximum absolute atomic E-state index is 12.5. The number of imide groups is 1. The molecule has 2 amide bonds. The minimum absolute atomic E-state index is 0.0194. The Morgan fingerprint density at radius 2 is 1.68 bits per heavy atom. The molecule has 1 saturated heterocycles. The molecular weight excluding hydrogens is 338 g/mol. The van der Waals surface area contributed by atoms with E-state index in [1.54, 1.807) is 12.1 Å². The summed E-state index contributed by atoms with van der Waals surface area (Å²) in [6, 6.07) is 17.1. The Balaban J connectivity index is 1.72. The lowest BCUT2D eigenvalue weighted by Gasteiger charge is -2.15. The van der Waals surface area contributed by atoms with Crippen molar-refractivity contribution in [2.45, 2.75) is 18.1 Å². The van der Waals surface area contributed by atoms with Crippen molar-refractivity contribution in [3.8, 4) is 11.1 Å². The van der Waals surface area contributed by atoms with Crippen molar-refractivity contribution >= 4 is 35.2 Å². The molecule has 1 aliphatic heterocycles. The smallest absolute Gasteiger partial charge is 0.304 e. The molecule has 1 heterocycles. The summed E-state index contributed by atoms with van der Waals surface area (Å²) < 4.78 is 0. The molecule has 3 rings (SSSR count). The lowest BCUT2D eigenvalue weighted by atomic mass is 10.1. The molecule has 5 nitrogen and oxygen atoms in total. The zero-order valence-electron chi connectivity index (χ0n) is 13.4. The summed E-state index contributed by atoms with van der Waals surface area (Å²) in [4.78, 5) is 36.5. The maximum Gasteiger partial charge on any atom is 0.304 e. The van der Waals surface area contributed by atoms with Gasteiger partial charge in [-0.3, -0.25) is 14.4 Å². The molecule has 0 bridgehead atoms. The molecule has 1 N–H and O–H groups in total. The van der Waals surface area contributed by atoms with Gasteiger partial charge in [0.2, 0.25) is 11.8 Å². The third-order valence-corrected chi connectivity index (χ3v) is 5.18. The first-order chi connectivity index (χ1) is 12.1. The number of amides is 2. The number of thioether (sulfide) groups is 1. The fourth-order valence-corrected chi connectivity index (χ4v) is 3.81. The van der Waals surface area contributed by atoms with E-state index in [-0.39, 0.29) is 24.7 Å². The van der Waals surface area contributed by atoms with Crippen LogP contribution in [0.3, 0.4) is 0 Å². The molecule has 2 aromatic rings. The van der Waals surface area contributed by atoms with Gasteiger partial charge in [0.05, 0.1) is 17.4 Å². The van der Waals surface area contributed by atoms with E-state index >= 15 is 0 Å². The highest BCUT2D eigenvalue weighted by Gasteiger charge is 2.39. The van der Waals surface area contributed by atoms with E-state index in [1.165, 1.54) is 16.7 Å². The number of carboxylic acids is 1. The van der Waals surface area contributed by atoms with Gasteiger partial charge in [-0.15, -0.1) is 11.8 Å². The van der Waals surface area contributed by atoms with Crippen LogP contribution in [0.25, 0.3) is 11.1 Å². The number of hydrogen-bond donors (Lipinski definition) is 1. The Morgan fingerprint density at radius 3 is 2.32 bits per heavy atom. The van der Waals surface area contributed by atoms with Crippen LogP contribution in [0.15, 0.2) is 54.6 Å². The summed E-state index contributed by atoms with van der Waals surface area (Å²) in [5, 5.41) is 8.18. The minimum atomic E-state index is -0.905. The number of carbonyl (C=O) groups excluding carboxylic acids is 2. The summed E-state index contributed by atoms with van der Waals surface area (Å²) in [6.07, 6.45) is 0.0952. The average Bonchev–Trinajstić information content (AvgIpc) is 2.89. The molecule has 6 heteroatoms. The Labute approximate surface area is 149 Å². The first-order valence-electron chi connectivity index (χ1n) is 7.92. The van der Waals surface area contributed by atoms with Crippen molar-refractivity contribution < 1.29 is 19.5 Å². The second kappa shape index (κ2) is 7.53. The van der Waals surface area contributed by atoms with Gasteiger partial charge < -0.3 is 5.11 Å². The van der Waals surface area contributed by atoms with Crippen molar-refractivity contribution in [2.75, 3.05) is 10.7 Å². The van der Waals surface area contributed by atoms with Crippen molar-refractivity contribution in [1.82, 2.24) is 0 Å². The largest absolute Gasteiger partial charge is 0.481 e. The third kappa shape index (κ3) is 3.91. The first-order valence-corrected chi connectivity index (χ1v) is 8.97. The van der Waals surface area contributed by atoms with Crippen molar-refractivity contribution in [2.24, 2.45) is 0 Å². The lowest BCUT2D eigenvalue weighted by Crippen LogP contribution is -2.31. The predicted octanol–water partition coefficient (Wildman–Crippen LogP) is 3.19. The van der Waals surface area contributed by atoms with Crippen LogP contribution in [0.4, 0.5) is 5.69 Å². The molecule has 1 atom stereocenters. The van der Waals surface area contributed by atoms with Crippen LogP contribution >= 0.6 is 11.8 Å². The SMILES string of the molecule is O=C(O)CCSC1CC(=O)N(c2ccc(-c3ccccc3)cc2)C1=O. The zero-order valence-corrected chi connectivity index (χ0v) is 14.2. The lowest BCUT2D eigenvalue weighted by molar-refractivity contribution is -0.136. The number of aliphatic carboxylic acids is 1. The minimum Gasteiger partial charge on any atom is -0.481 e. The number of carboxylic acid groups (broad SMARTS) is 1. The monoisotopic (exact) mass is 355 g/mol. The standard InChI is InChI=1S/C19H17NO4S/c21-17-12-16(25-11-10-18(22)23)19(24)20(17)15-8-6-14(7-9-15)13-4-2-1-3-5-13/h1-9,16H,10-12H2,(H,22,23). The molecule has 1 aliphatic rings. The van der Waals surface area contributed by atoms with Crippen LogP contribution < -0.4 is 4.90 Å². The van der Waals surface area contributed by atoms with E-state index in [4.69, 9.17) is 5.11 Å². The van der Waals surface area contributed by atoms with Crippen LogP contribution in [0.2, 0.25) is 0 Å². The number of carbonyl (C=O) groups is 3. The van der Waals surface area contributed by atoms with Gasteiger partial charge in [0.1, 0.15) is 0 Å². The molecule has 0 spiro atoms. The second-order valence-corrected chi connectivity index (χ2v) is 7.00. The van der Waals surface area contributed by atoms with E-state index in [9.17, 15) is 14.4 Å². The van der Waals surface area contributed by atoms with Gasteiger partial charge in [0.15, 0.2) is 0 Å². The molecule has 2 aromatic carbocycles. The highest BCUT2D eigenvalue weighted by atomic mass is 32.2. The Hall–Kier alpha value is -2.60. The van der Waals surface area contributed by atoms with Gasteiger partial charge in [0, 0.05) is 12.2 Å². The summed E-state index contributed by atoms with van der Waals surface area (Å²) in [5.41, 5.74) is 2.63. The van der Waals surface area contributed by atoms with Gasteiger partial charge in [-0.1, -0.05) is 42.5 Å². The molecule has 25 heavy (non-hydrogen) atoms. The van der Waals surface area contributed by atoms with Crippen LogP contribution in [0.1, 0.15) is 12.8 Å². The van der Waals surface area contributed by atoms with Crippen LogP contribution in [-0.4, -0.2) is 33.9 Å². The quantitative estimate of drug-likeness (QED) is 0.806. The van der Waals surface area contributed by atoms with Gasteiger partial charge >= 0.3 is 5.97 Å². The number of hydrogen-bond acceptors (Lipinski definition) is 4. The van der Waals surface area contributed by atoms with Gasteiger partial charge in [0.25, 0.3) is 0 Å². The van der Waals surface area contributed by atoms with E-state index in [0.29, 0.717) is 11.4 Å². The molecule has 1 fully saturated rings. The highest BCUT2D eigenvalue weighted by molar-refractivity contribution is 8.00. The average molecular weight is 355 g/mol. The molecule has 0 saturated carbocycles. The van der Waals surface area contributed by atoms with Crippen molar-refractivity contribution in [3.05, 3.63) is 54.6 Å². The van der Waals surface area contributed by atoms with Crippen LogP contribution in [0.5, 0.6) is 0 Å². The van der Waals surface area contributed by atoms with Crippen molar-refractivity contribution in [3.63, 3.8) is 0 Å². The summed E-state index contributed by atoms with van der Waals surface area (Å²) in [6.45, 7) is 0. The number of nitrogens with zero attached hydrogens (tertiary/aromatic N) is 1. The van der Waals surface area contributed by atoms with E-state index in [0.717, 1.165) is 11.1 Å². The normalized spacial score (nSPS) is 17.1. The Morgan fingerprint density at radius 1 is 1.04 bits per heavy atom. The van der Waals surface area contributed by atoms with Crippen molar-refractivity contribution in [1.29, 1.82) is 0 Å². The van der Waals surface area contributed by atoms with Crippen LogP contribution in [0, 0.1) is 0 Å². The summed E-state index contributed by atoms with van der Waals surface area (Å²) >= 11 is 1.23. The molecule has 0 radical (unpaired) electrons. The van der Waals surface area contributed by atoms with Gasteiger partial charge in [-0.05, 0) is 23.3 Å². The predicted molar refractivity (Wildman–Crippen MR) is 97.5 cm³/mol. The fraction of sp³-hybridized carbons (Fsp3) is 0.211. The molecule has 128 valence electrons. The molecule has 0 aliphatic carbocycles. The van der Waals surface area contributed by atoms with E-state index in [1.807, 2.05) is 42.5 Å². The van der Waals surface area contributed by atoms with Crippen LogP contribution in [-0.2, 0) is 14.4 Å². The first kappa shape index (κ1) is 17.2. The molecular formula is C19H17NO4S. The summed E-state index contributed by atoms with van der Waals surface area (Å²) in [7, 11) is 0. The topological polar surface area (TPSA) is 74.7 Å². The second-order valence-electron chi connectivity index (χ2n) is 5.69. The number of anilines is 1. The zero-order chi connectivity index (χ0) is 17.8. The fourth-order valence-electron chi connectivity index (χ4n) is 2.73. The molecule has 0 aromatic heterocycles. The number of benzene rings is 2. The van der Waals surface area contributed by atoms with Gasteiger partial charge in [-0.25, -0.2) is 4.90 Å². The summed E-state index contributed by atoms with van der Waals surface area (Å²) in [5.74, 6) is -1.10. The highest BCUT2D eigenvalue weighted by Crippen LogP contribution is 2.31. The van der Waals surface area contributed by atoms with E-state index in [2.05, 4.69) is 0 Å². The maximum atomic E-state index is 12.5. The van der Waals surface area contributed by atoms with E-state index < -0.39 is 11.2 Å². The third-order valence-electron chi connectivity index (χ3n) is 3.97. The Bertz CT molecular complexity index is 789. The van der Waals surface area contributed by atoms with Gasteiger partial charge in [-0.2, -0.15) is 0 Å². The molecule has 1 unspecified atom stereocenters.